The Labute approximate surface area is 163 Å². The van der Waals surface area contributed by atoms with Crippen molar-refractivity contribution in [1.82, 2.24) is 9.80 Å². The molecule has 0 radical (unpaired) electrons. The monoisotopic (exact) mass is 382 g/mol. The summed E-state index contributed by atoms with van der Waals surface area (Å²) in [5.41, 5.74) is 1.41. The highest BCUT2D eigenvalue weighted by atomic mass is 19.2. The van der Waals surface area contributed by atoms with Gasteiger partial charge in [0.1, 0.15) is 0 Å². The van der Waals surface area contributed by atoms with Gasteiger partial charge in [-0.1, -0.05) is 42.5 Å². The van der Waals surface area contributed by atoms with Gasteiger partial charge in [0.2, 0.25) is 5.91 Å². The molecule has 0 saturated carbocycles. The lowest BCUT2D eigenvalue weighted by molar-refractivity contribution is -0.135. The van der Waals surface area contributed by atoms with Crippen LogP contribution in [0.25, 0.3) is 0 Å². The van der Waals surface area contributed by atoms with Crippen molar-refractivity contribution in [3.63, 3.8) is 0 Å². The predicted octanol–water partition coefficient (Wildman–Crippen LogP) is 3.60. The second-order valence-corrected chi connectivity index (χ2v) is 8.31. The van der Waals surface area contributed by atoms with Gasteiger partial charge < -0.3 is 4.90 Å². The van der Waals surface area contributed by atoms with Gasteiger partial charge in [-0.2, -0.15) is 0 Å². The molecule has 2 bridgehead atoms. The number of rotatable bonds is 3. The van der Waals surface area contributed by atoms with Crippen molar-refractivity contribution in [2.24, 2.45) is 5.92 Å². The van der Waals surface area contributed by atoms with E-state index in [-0.39, 0.29) is 23.9 Å². The van der Waals surface area contributed by atoms with Crippen LogP contribution in [0.5, 0.6) is 0 Å². The zero-order valence-corrected chi connectivity index (χ0v) is 15.7. The van der Waals surface area contributed by atoms with Crippen LogP contribution in [-0.2, 0) is 11.2 Å². The lowest BCUT2D eigenvalue weighted by atomic mass is 9.75. The first kappa shape index (κ1) is 17.8. The average Bonchev–Trinajstić information content (AvgIpc) is 3.15. The molecule has 4 saturated heterocycles. The van der Waals surface area contributed by atoms with Gasteiger partial charge in [0.15, 0.2) is 11.6 Å². The minimum Gasteiger partial charge on any atom is -0.337 e. The number of halogens is 2. The molecule has 6 rings (SSSR count). The van der Waals surface area contributed by atoms with E-state index in [0.29, 0.717) is 24.4 Å². The molecule has 3 nitrogen and oxygen atoms in total. The van der Waals surface area contributed by atoms with Gasteiger partial charge in [0, 0.05) is 18.5 Å². The SMILES string of the molecule is O=C(Cc1ccccc1)N1C[C@H](c2cccc(F)c2F)[C@H]2[C@@H]1C1CCN2CC1. The van der Waals surface area contributed by atoms with Crippen LogP contribution in [0.4, 0.5) is 8.78 Å². The summed E-state index contributed by atoms with van der Waals surface area (Å²) >= 11 is 0. The molecule has 146 valence electrons. The first-order valence-corrected chi connectivity index (χ1v) is 10.1. The fraction of sp³-hybridized carbons (Fsp3) is 0.435. The van der Waals surface area contributed by atoms with Gasteiger partial charge in [-0.25, -0.2) is 8.78 Å². The number of carbonyl (C=O) groups excluding carboxylic acids is 1. The molecule has 0 aliphatic carbocycles. The van der Waals surface area contributed by atoms with E-state index in [1.54, 1.807) is 12.1 Å². The maximum Gasteiger partial charge on any atom is 0.227 e. The molecule has 0 aromatic heterocycles. The number of benzene rings is 2. The third-order valence-electron chi connectivity index (χ3n) is 6.89. The molecule has 4 aliphatic heterocycles. The predicted molar refractivity (Wildman–Crippen MR) is 103 cm³/mol. The number of hydrogen-bond donors (Lipinski definition) is 0. The van der Waals surface area contributed by atoms with Crippen LogP contribution in [0, 0.1) is 17.6 Å². The quantitative estimate of drug-likeness (QED) is 0.810. The maximum atomic E-state index is 14.6. The normalized spacial score (nSPS) is 31.1. The van der Waals surface area contributed by atoms with E-state index < -0.39 is 11.6 Å². The van der Waals surface area contributed by atoms with Crippen LogP contribution in [0.15, 0.2) is 48.5 Å². The van der Waals surface area contributed by atoms with Crippen molar-refractivity contribution >= 4 is 5.91 Å². The van der Waals surface area contributed by atoms with Crippen LogP contribution < -0.4 is 0 Å². The first-order chi connectivity index (χ1) is 13.6. The standard InChI is InChI=1S/C23H24F2N2O/c24-19-8-4-7-17(21(19)25)18-14-27(20(28)13-15-5-2-1-3-6-15)22-16-9-11-26(12-10-16)23(18)22/h1-8,16,18,22-23H,9-14H2/t18-,22+,23+/m1/s1. The Kier molecular flexibility index (Phi) is 4.43. The van der Waals surface area contributed by atoms with Crippen molar-refractivity contribution < 1.29 is 13.6 Å². The summed E-state index contributed by atoms with van der Waals surface area (Å²) in [6, 6.07) is 14.4. The molecular formula is C23H24F2N2O. The van der Waals surface area contributed by atoms with Crippen molar-refractivity contribution in [2.75, 3.05) is 19.6 Å². The minimum atomic E-state index is -0.806. The Morgan fingerprint density at radius 2 is 1.71 bits per heavy atom. The van der Waals surface area contributed by atoms with Gasteiger partial charge in [-0.3, -0.25) is 9.69 Å². The van der Waals surface area contributed by atoms with E-state index in [1.165, 1.54) is 0 Å². The molecule has 2 aromatic rings. The van der Waals surface area contributed by atoms with Crippen LogP contribution in [-0.4, -0.2) is 47.4 Å². The summed E-state index contributed by atoms with van der Waals surface area (Å²) in [7, 11) is 0. The molecular weight excluding hydrogens is 358 g/mol. The topological polar surface area (TPSA) is 23.6 Å². The molecule has 0 unspecified atom stereocenters. The second-order valence-electron chi connectivity index (χ2n) is 8.31. The number of fused-ring (bicyclic) bond motifs is 2. The Bertz CT molecular complexity index is 879. The highest BCUT2D eigenvalue weighted by molar-refractivity contribution is 5.80. The molecule has 2 aromatic carbocycles. The maximum absolute atomic E-state index is 14.6. The second kappa shape index (κ2) is 6.96. The van der Waals surface area contributed by atoms with Crippen LogP contribution in [0.1, 0.15) is 29.9 Å². The van der Waals surface area contributed by atoms with Crippen molar-refractivity contribution in [3.05, 3.63) is 71.3 Å². The Morgan fingerprint density at radius 1 is 0.964 bits per heavy atom. The van der Waals surface area contributed by atoms with E-state index in [4.69, 9.17) is 0 Å². The zero-order chi connectivity index (χ0) is 19.3. The smallest absolute Gasteiger partial charge is 0.227 e. The molecule has 3 atom stereocenters. The van der Waals surface area contributed by atoms with Crippen molar-refractivity contribution in [2.45, 2.75) is 37.3 Å². The molecule has 0 N–H and O–H groups in total. The minimum absolute atomic E-state index is 0.0866. The Morgan fingerprint density at radius 3 is 2.46 bits per heavy atom. The number of hydrogen-bond acceptors (Lipinski definition) is 2. The molecule has 0 spiro atoms. The van der Waals surface area contributed by atoms with E-state index in [9.17, 15) is 13.6 Å². The van der Waals surface area contributed by atoms with Gasteiger partial charge in [-0.15, -0.1) is 0 Å². The first-order valence-electron chi connectivity index (χ1n) is 10.1. The molecule has 5 heteroatoms. The lowest BCUT2D eigenvalue weighted by Gasteiger charge is -2.51. The molecule has 4 heterocycles. The Balaban J connectivity index is 1.49. The van der Waals surface area contributed by atoms with Crippen LogP contribution >= 0.6 is 0 Å². The molecule has 4 aliphatic rings. The van der Waals surface area contributed by atoms with E-state index >= 15 is 0 Å². The third-order valence-corrected chi connectivity index (χ3v) is 6.89. The van der Waals surface area contributed by atoms with Gasteiger partial charge in [0.25, 0.3) is 0 Å². The zero-order valence-electron chi connectivity index (χ0n) is 15.7. The van der Waals surface area contributed by atoms with Crippen LogP contribution in [0.3, 0.4) is 0 Å². The number of piperidine rings is 3. The number of amides is 1. The number of likely N-dealkylation sites (tertiary alicyclic amines) is 1. The summed E-state index contributed by atoms with van der Waals surface area (Å²) in [4.78, 5) is 17.6. The molecule has 28 heavy (non-hydrogen) atoms. The van der Waals surface area contributed by atoms with Gasteiger partial charge in [0.05, 0.1) is 12.5 Å². The van der Waals surface area contributed by atoms with Crippen molar-refractivity contribution in [3.8, 4) is 0 Å². The fourth-order valence-corrected chi connectivity index (χ4v) is 5.66. The van der Waals surface area contributed by atoms with E-state index in [2.05, 4.69) is 4.90 Å². The Hall–Kier alpha value is -2.27. The summed E-state index contributed by atoms with van der Waals surface area (Å²) in [6.45, 7) is 2.44. The van der Waals surface area contributed by atoms with Gasteiger partial charge >= 0.3 is 0 Å². The molecule has 1 amide bonds. The largest absolute Gasteiger partial charge is 0.337 e. The fourth-order valence-electron chi connectivity index (χ4n) is 5.66. The summed E-state index contributed by atoms with van der Waals surface area (Å²) < 4.78 is 28.6. The summed E-state index contributed by atoms with van der Waals surface area (Å²) in [6.07, 6.45) is 2.51. The summed E-state index contributed by atoms with van der Waals surface area (Å²) in [5, 5.41) is 0. The highest BCUT2D eigenvalue weighted by Gasteiger charge is 2.55. The number of carbonyl (C=O) groups is 1. The van der Waals surface area contributed by atoms with Crippen LogP contribution in [0.2, 0.25) is 0 Å². The van der Waals surface area contributed by atoms with Crippen molar-refractivity contribution in [1.29, 1.82) is 0 Å². The van der Waals surface area contributed by atoms with E-state index in [0.717, 1.165) is 37.6 Å². The van der Waals surface area contributed by atoms with E-state index in [1.807, 2.05) is 35.2 Å². The number of nitrogens with zero attached hydrogens (tertiary/aromatic N) is 2. The average molecular weight is 382 g/mol. The molecule has 4 fully saturated rings. The highest BCUT2D eigenvalue weighted by Crippen LogP contribution is 2.47. The lowest BCUT2D eigenvalue weighted by Crippen LogP contribution is -2.60. The van der Waals surface area contributed by atoms with Gasteiger partial charge in [-0.05, 0) is 49.0 Å². The third kappa shape index (κ3) is 2.84. The summed E-state index contributed by atoms with van der Waals surface area (Å²) in [5.74, 6) is -1.19.